The van der Waals surface area contributed by atoms with Gasteiger partial charge in [0.15, 0.2) is 5.78 Å². The predicted molar refractivity (Wildman–Crippen MR) is 104 cm³/mol. The number of thioether (sulfide) groups is 1. The number of likely N-dealkylation sites (N-methyl/N-ethyl adjacent to an activating group) is 1. The van der Waals surface area contributed by atoms with Crippen molar-refractivity contribution in [2.45, 2.75) is 18.7 Å². The molecule has 6 heteroatoms. The molecule has 0 aliphatic carbocycles. The summed E-state index contributed by atoms with van der Waals surface area (Å²) in [6.07, 6.45) is 1.97. The molecule has 1 amide bonds. The van der Waals surface area contributed by atoms with Gasteiger partial charge < -0.3 is 9.88 Å². The molecule has 0 saturated heterocycles. The van der Waals surface area contributed by atoms with Crippen LogP contribution >= 0.6 is 11.8 Å². The van der Waals surface area contributed by atoms with Crippen molar-refractivity contribution in [3.05, 3.63) is 47.3 Å². The quantitative estimate of drug-likeness (QED) is 0.610. The van der Waals surface area contributed by atoms with Gasteiger partial charge in [-0.1, -0.05) is 12.1 Å². The highest BCUT2D eigenvalue weighted by molar-refractivity contribution is 7.98. The van der Waals surface area contributed by atoms with Gasteiger partial charge in [0.05, 0.1) is 18.8 Å². The van der Waals surface area contributed by atoms with Gasteiger partial charge in [-0.05, 0) is 45.4 Å². The normalized spacial score (nSPS) is 11.0. The van der Waals surface area contributed by atoms with E-state index in [1.54, 1.807) is 23.7 Å². The molecule has 0 aliphatic rings. The minimum atomic E-state index is -0.127. The fourth-order valence-corrected chi connectivity index (χ4v) is 3.26. The number of carbonyl (C=O) groups excluding carboxylic acids is 2. The van der Waals surface area contributed by atoms with E-state index in [9.17, 15) is 9.59 Å². The molecule has 134 valence electrons. The highest BCUT2D eigenvalue weighted by atomic mass is 32.2. The second-order valence-corrected chi connectivity index (χ2v) is 7.04. The smallest absolute Gasteiger partial charge is 0.238 e. The maximum absolute atomic E-state index is 12.5. The van der Waals surface area contributed by atoms with Crippen molar-refractivity contribution in [1.82, 2.24) is 9.47 Å². The molecule has 0 aliphatic heterocycles. The number of aryl methyl sites for hydroxylation is 1. The summed E-state index contributed by atoms with van der Waals surface area (Å²) >= 11 is 1.58. The van der Waals surface area contributed by atoms with E-state index in [-0.39, 0.29) is 24.8 Å². The van der Waals surface area contributed by atoms with Gasteiger partial charge in [-0.25, -0.2) is 0 Å². The van der Waals surface area contributed by atoms with Crippen LogP contribution in [0.4, 0.5) is 5.69 Å². The van der Waals surface area contributed by atoms with E-state index in [4.69, 9.17) is 0 Å². The van der Waals surface area contributed by atoms with E-state index < -0.39 is 0 Å². The SMILES string of the molecule is CSc1ccccc1NC(=O)CN(C)CC(=O)c1cc(C)n(C)c1C. The second-order valence-electron chi connectivity index (χ2n) is 6.19. The Morgan fingerprint density at radius 2 is 1.88 bits per heavy atom. The largest absolute Gasteiger partial charge is 0.351 e. The molecule has 0 atom stereocenters. The van der Waals surface area contributed by atoms with Gasteiger partial charge >= 0.3 is 0 Å². The number of anilines is 1. The van der Waals surface area contributed by atoms with Gasteiger partial charge in [-0.15, -0.1) is 11.8 Å². The molecule has 0 fully saturated rings. The minimum absolute atomic E-state index is 0.0287. The van der Waals surface area contributed by atoms with Crippen molar-refractivity contribution in [3.8, 4) is 0 Å². The Balaban J connectivity index is 1.95. The van der Waals surface area contributed by atoms with E-state index in [1.807, 2.05) is 62.0 Å². The van der Waals surface area contributed by atoms with Gasteiger partial charge in [0, 0.05) is 28.9 Å². The lowest BCUT2D eigenvalue weighted by molar-refractivity contribution is -0.116. The van der Waals surface area contributed by atoms with Crippen LogP contribution in [0.1, 0.15) is 21.7 Å². The van der Waals surface area contributed by atoms with Crippen molar-refractivity contribution in [2.24, 2.45) is 7.05 Å². The van der Waals surface area contributed by atoms with E-state index in [2.05, 4.69) is 5.32 Å². The van der Waals surface area contributed by atoms with Crippen molar-refractivity contribution < 1.29 is 9.59 Å². The zero-order valence-electron chi connectivity index (χ0n) is 15.4. The Labute approximate surface area is 153 Å². The molecular weight excluding hydrogens is 334 g/mol. The third kappa shape index (κ3) is 4.74. The van der Waals surface area contributed by atoms with E-state index in [1.165, 1.54) is 0 Å². The monoisotopic (exact) mass is 359 g/mol. The lowest BCUT2D eigenvalue weighted by atomic mass is 10.1. The molecule has 0 saturated carbocycles. The van der Waals surface area contributed by atoms with Crippen LogP contribution < -0.4 is 5.32 Å². The maximum Gasteiger partial charge on any atom is 0.238 e. The van der Waals surface area contributed by atoms with Gasteiger partial charge in [-0.2, -0.15) is 0 Å². The molecule has 5 nitrogen and oxygen atoms in total. The van der Waals surface area contributed by atoms with E-state index >= 15 is 0 Å². The van der Waals surface area contributed by atoms with Crippen LogP contribution in [-0.4, -0.2) is 47.6 Å². The number of nitrogens with one attached hydrogen (secondary N) is 1. The molecule has 0 radical (unpaired) electrons. The van der Waals surface area contributed by atoms with Crippen molar-refractivity contribution in [2.75, 3.05) is 31.7 Å². The Morgan fingerprint density at radius 3 is 2.48 bits per heavy atom. The maximum atomic E-state index is 12.5. The first-order chi connectivity index (χ1) is 11.8. The number of ketones is 1. The zero-order valence-corrected chi connectivity index (χ0v) is 16.2. The number of hydrogen-bond donors (Lipinski definition) is 1. The number of benzene rings is 1. The summed E-state index contributed by atoms with van der Waals surface area (Å²) in [4.78, 5) is 27.5. The number of para-hydroxylation sites is 1. The second kappa shape index (κ2) is 8.36. The van der Waals surface area contributed by atoms with Crippen molar-refractivity contribution in [1.29, 1.82) is 0 Å². The van der Waals surface area contributed by atoms with Crippen LogP contribution in [-0.2, 0) is 11.8 Å². The molecule has 25 heavy (non-hydrogen) atoms. The van der Waals surface area contributed by atoms with E-state index in [0.29, 0.717) is 0 Å². The fourth-order valence-electron chi connectivity index (χ4n) is 2.71. The molecule has 0 spiro atoms. The molecule has 1 aromatic carbocycles. The van der Waals surface area contributed by atoms with Crippen LogP contribution in [0.3, 0.4) is 0 Å². The molecule has 1 heterocycles. The Bertz CT molecular complexity index is 783. The van der Waals surface area contributed by atoms with Gasteiger partial charge in [0.1, 0.15) is 0 Å². The minimum Gasteiger partial charge on any atom is -0.351 e. The van der Waals surface area contributed by atoms with Crippen LogP contribution in [0.5, 0.6) is 0 Å². The Kier molecular flexibility index (Phi) is 6.45. The molecule has 0 bridgehead atoms. The molecule has 2 aromatic rings. The predicted octanol–water partition coefficient (Wildman–Crippen LogP) is 3.12. The number of rotatable bonds is 7. The number of nitrogens with zero attached hydrogens (tertiary/aromatic N) is 2. The van der Waals surface area contributed by atoms with Gasteiger partial charge in [-0.3, -0.25) is 14.5 Å². The lowest BCUT2D eigenvalue weighted by Crippen LogP contribution is -2.34. The summed E-state index contributed by atoms with van der Waals surface area (Å²) in [5.41, 5.74) is 3.53. The van der Waals surface area contributed by atoms with E-state index in [0.717, 1.165) is 27.5 Å². The molecule has 0 unspecified atom stereocenters. The fraction of sp³-hybridized carbons (Fsp3) is 0.368. The van der Waals surface area contributed by atoms with Crippen molar-refractivity contribution in [3.63, 3.8) is 0 Å². The highest BCUT2D eigenvalue weighted by Crippen LogP contribution is 2.24. The number of hydrogen-bond acceptors (Lipinski definition) is 4. The van der Waals surface area contributed by atoms with Gasteiger partial charge in [0.25, 0.3) is 0 Å². The van der Waals surface area contributed by atoms with Crippen molar-refractivity contribution >= 4 is 29.1 Å². The molecule has 2 rings (SSSR count). The summed E-state index contributed by atoms with van der Waals surface area (Å²) in [6.45, 7) is 4.29. The zero-order chi connectivity index (χ0) is 18.6. The van der Waals surface area contributed by atoms with Crippen LogP contribution in [0.25, 0.3) is 0 Å². The number of Topliss-reactive ketones (excluding diaryl/α,β-unsaturated/α-hetero) is 1. The Hall–Kier alpha value is -2.05. The average Bonchev–Trinajstić information content (AvgIpc) is 2.82. The van der Waals surface area contributed by atoms with Crippen LogP contribution in [0.15, 0.2) is 35.2 Å². The standard InChI is InChI=1S/C19H25N3O2S/c1-13-10-15(14(2)22(13)4)17(23)11-21(3)12-19(24)20-16-8-6-7-9-18(16)25-5/h6-10H,11-12H2,1-5H3,(H,20,24). The van der Waals surface area contributed by atoms with Crippen LogP contribution in [0, 0.1) is 13.8 Å². The average molecular weight is 359 g/mol. The summed E-state index contributed by atoms with van der Waals surface area (Å²) in [5, 5.41) is 2.91. The Morgan fingerprint density at radius 1 is 1.20 bits per heavy atom. The topological polar surface area (TPSA) is 54.3 Å². The third-order valence-corrected chi connectivity index (χ3v) is 5.08. The van der Waals surface area contributed by atoms with Crippen LogP contribution in [0.2, 0.25) is 0 Å². The first-order valence-electron chi connectivity index (χ1n) is 8.11. The highest BCUT2D eigenvalue weighted by Gasteiger charge is 2.17. The first-order valence-corrected chi connectivity index (χ1v) is 9.33. The lowest BCUT2D eigenvalue weighted by Gasteiger charge is -2.16. The molecular formula is C19H25N3O2S. The number of aromatic nitrogens is 1. The summed E-state index contributed by atoms with van der Waals surface area (Å²) in [7, 11) is 3.73. The molecule has 1 N–H and O–H groups in total. The summed E-state index contributed by atoms with van der Waals surface area (Å²) < 4.78 is 2.00. The number of carbonyl (C=O) groups is 2. The summed E-state index contributed by atoms with van der Waals surface area (Å²) in [6, 6.07) is 9.58. The molecule has 1 aromatic heterocycles. The number of amides is 1. The summed E-state index contributed by atoms with van der Waals surface area (Å²) in [5.74, 6) is -0.0984. The first kappa shape index (κ1) is 19.3. The van der Waals surface area contributed by atoms with Gasteiger partial charge in [0.2, 0.25) is 5.91 Å². The third-order valence-electron chi connectivity index (χ3n) is 4.28.